The first-order valence-corrected chi connectivity index (χ1v) is 12.3. The van der Waals surface area contributed by atoms with Crippen molar-refractivity contribution in [2.45, 2.75) is 20.0 Å². The third-order valence-corrected chi connectivity index (χ3v) is 6.04. The van der Waals surface area contributed by atoms with Gasteiger partial charge in [0.15, 0.2) is 0 Å². The summed E-state index contributed by atoms with van der Waals surface area (Å²) in [6.07, 6.45) is 2.98. The van der Waals surface area contributed by atoms with Gasteiger partial charge in [-0.1, -0.05) is 66.7 Å². The van der Waals surface area contributed by atoms with Gasteiger partial charge in [0.05, 0.1) is 12.2 Å². The summed E-state index contributed by atoms with van der Waals surface area (Å²) in [5.41, 5.74) is 3.02. The first-order valence-electron chi connectivity index (χ1n) is 12.3. The van der Waals surface area contributed by atoms with Crippen molar-refractivity contribution in [2.24, 2.45) is 0 Å². The van der Waals surface area contributed by atoms with E-state index in [0.29, 0.717) is 31.2 Å². The van der Waals surface area contributed by atoms with Crippen molar-refractivity contribution in [3.05, 3.63) is 117 Å². The van der Waals surface area contributed by atoms with Crippen molar-refractivity contribution < 1.29 is 9.53 Å². The second-order valence-electron chi connectivity index (χ2n) is 8.78. The largest absolute Gasteiger partial charge is 0.383 e. The number of pyridine rings is 1. The number of rotatable bonds is 10. The van der Waals surface area contributed by atoms with Gasteiger partial charge in [-0.3, -0.25) is 14.0 Å². The van der Waals surface area contributed by atoms with Gasteiger partial charge in [0, 0.05) is 32.9 Å². The minimum Gasteiger partial charge on any atom is -0.383 e. The van der Waals surface area contributed by atoms with E-state index in [-0.39, 0.29) is 23.2 Å². The molecule has 192 valence electrons. The number of fused-ring (bicyclic) bond motifs is 1. The SMILES string of the molecule is COCCNC(=O)/C(C#N)=C/c1c(N(Cc2ccccc2)Cc2ccccc2)nc2c(C)cccn2c1=O. The van der Waals surface area contributed by atoms with Gasteiger partial charge in [0.25, 0.3) is 11.5 Å². The summed E-state index contributed by atoms with van der Waals surface area (Å²) in [5, 5.41) is 12.5. The molecule has 0 aliphatic rings. The minimum absolute atomic E-state index is 0.165. The maximum absolute atomic E-state index is 13.8. The molecule has 1 amide bonds. The smallest absolute Gasteiger partial charge is 0.267 e. The number of aromatic nitrogens is 2. The number of benzene rings is 2. The van der Waals surface area contributed by atoms with Crippen LogP contribution in [0.25, 0.3) is 11.7 Å². The number of anilines is 1. The van der Waals surface area contributed by atoms with Crippen LogP contribution in [-0.2, 0) is 22.6 Å². The summed E-state index contributed by atoms with van der Waals surface area (Å²) in [5.74, 6) is -0.184. The number of aryl methyl sites for hydroxylation is 1. The fourth-order valence-electron chi connectivity index (χ4n) is 4.14. The fourth-order valence-corrected chi connectivity index (χ4v) is 4.14. The van der Waals surface area contributed by atoms with Crippen LogP contribution < -0.4 is 15.8 Å². The number of methoxy groups -OCH3 is 1. The van der Waals surface area contributed by atoms with Gasteiger partial charge in [0.1, 0.15) is 23.1 Å². The molecule has 0 fully saturated rings. The standard InChI is InChI=1S/C30H29N5O3/c1-22-10-9-16-35-27(22)33-28(26(30(35)37)18-25(19-31)29(36)32-15-17-38-2)34(20-23-11-5-3-6-12-23)21-24-13-7-4-8-14-24/h3-14,16,18H,15,17,20-21H2,1-2H3,(H,32,36)/b25-18+. The Morgan fingerprint density at radius 2 is 1.68 bits per heavy atom. The first kappa shape index (κ1) is 26.3. The molecule has 0 radical (unpaired) electrons. The van der Waals surface area contributed by atoms with Crippen LogP contribution in [0.15, 0.2) is 89.4 Å². The van der Waals surface area contributed by atoms with Gasteiger partial charge < -0.3 is 15.0 Å². The van der Waals surface area contributed by atoms with Crippen LogP contribution in [0.1, 0.15) is 22.3 Å². The van der Waals surface area contributed by atoms with Crippen molar-refractivity contribution in [1.82, 2.24) is 14.7 Å². The monoisotopic (exact) mass is 507 g/mol. The highest BCUT2D eigenvalue weighted by atomic mass is 16.5. The van der Waals surface area contributed by atoms with Crippen LogP contribution in [0.5, 0.6) is 0 Å². The number of ether oxygens (including phenoxy) is 1. The zero-order valence-corrected chi connectivity index (χ0v) is 21.4. The normalized spacial score (nSPS) is 11.2. The lowest BCUT2D eigenvalue weighted by Crippen LogP contribution is -2.30. The molecule has 1 N–H and O–H groups in total. The zero-order chi connectivity index (χ0) is 26.9. The Morgan fingerprint density at radius 3 is 2.26 bits per heavy atom. The van der Waals surface area contributed by atoms with E-state index in [2.05, 4.69) is 5.32 Å². The second kappa shape index (κ2) is 12.5. The first-order chi connectivity index (χ1) is 18.5. The molecule has 38 heavy (non-hydrogen) atoms. The summed E-state index contributed by atoms with van der Waals surface area (Å²) in [6, 6.07) is 25.4. The third-order valence-electron chi connectivity index (χ3n) is 6.04. The van der Waals surface area contributed by atoms with Crippen molar-refractivity contribution in [3.63, 3.8) is 0 Å². The Kier molecular flexibility index (Phi) is 8.65. The predicted octanol–water partition coefficient (Wildman–Crippen LogP) is 3.88. The van der Waals surface area contributed by atoms with Crippen molar-refractivity contribution in [3.8, 4) is 6.07 Å². The number of hydrogen-bond acceptors (Lipinski definition) is 6. The molecular weight excluding hydrogens is 478 g/mol. The second-order valence-corrected chi connectivity index (χ2v) is 8.78. The van der Waals surface area contributed by atoms with E-state index in [1.165, 1.54) is 17.6 Å². The molecule has 2 heterocycles. The van der Waals surface area contributed by atoms with Crippen molar-refractivity contribution >= 4 is 23.4 Å². The lowest BCUT2D eigenvalue weighted by molar-refractivity contribution is -0.117. The van der Waals surface area contributed by atoms with Crippen LogP contribution >= 0.6 is 0 Å². The Bertz CT molecular complexity index is 1500. The summed E-state index contributed by atoms with van der Waals surface area (Å²) in [4.78, 5) is 33.5. The summed E-state index contributed by atoms with van der Waals surface area (Å²) < 4.78 is 6.43. The topological polar surface area (TPSA) is 99.7 Å². The van der Waals surface area contributed by atoms with Gasteiger partial charge >= 0.3 is 0 Å². The van der Waals surface area contributed by atoms with Gasteiger partial charge in [0.2, 0.25) is 0 Å². The van der Waals surface area contributed by atoms with Crippen molar-refractivity contribution in [2.75, 3.05) is 25.2 Å². The molecule has 4 rings (SSSR count). The van der Waals surface area contributed by atoms with E-state index in [1.807, 2.05) is 84.6 Å². The highest BCUT2D eigenvalue weighted by molar-refractivity contribution is 6.02. The summed E-state index contributed by atoms with van der Waals surface area (Å²) in [7, 11) is 1.53. The Labute approximate surface area is 221 Å². The van der Waals surface area contributed by atoms with Gasteiger partial charge in [-0.05, 0) is 35.8 Å². The van der Waals surface area contributed by atoms with Crippen molar-refractivity contribution in [1.29, 1.82) is 5.26 Å². The molecule has 0 unspecified atom stereocenters. The number of carbonyl (C=O) groups is 1. The number of nitriles is 1. The maximum Gasteiger partial charge on any atom is 0.267 e. The molecule has 0 saturated carbocycles. The fraction of sp³-hybridized carbons (Fsp3) is 0.200. The van der Waals surface area contributed by atoms with Gasteiger partial charge in [-0.15, -0.1) is 0 Å². The molecule has 8 heteroatoms. The maximum atomic E-state index is 13.8. The Balaban J connectivity index is 1.91. The van der Waals surface area contributed by atoms with Gasteiger partial charge in [-0.2, -0.15) is 5.26 Å². The molecule has 0 aliphatic heterocycles. The van der Waals surface area contributed by atoms with Crippen LogP contribution in [-0.4, -0.2) is 35.6 Å². The van der Waals surface area contributed by atoms with Crippen LogP contribution in [0, 0.1) is 18.3 Å². The predicted molar refractivity (Wildman–Crippen MR) is 147 cm³/mol. The van der Waals surface area contributed by atoms with Gasteiger partial charge in [-0.25, -0.2) is 4.98 Å². The Hall–Kier alpha value is -4.74. The molecule has 0 spiro atoms. The number of amides is 1. The molecule has 0 bridgehead atoms. The van der Waals surface area contributed by atoms with E-state index >= 15 is 0 Å². The molecule has 0 aliphatic carbocycles. The molecule has 4 aromatic rings. The highest BCUT2D eigenvalue weighted by Crippen LogP contribution is 2.24. The third kappa shape index (κ3) is 6.14. The minimum atomic E-state index is -0.582. The molecule has 8 nitrogen and oxygen atoms in total. The van der Waals surface area contributed by atoms with E-state index in [1.54, 1.807) is 12.3 Å². The molecule has 0 saturated heterocycles. The summed E-state index contributed by atoms with van der Waals surface area (Å²) >= 11 is 0. The average Bonchev–Trinajstić information content (AvgIpc) is 2.94. The quantitative estimate of drug-likeness (QED) is 0.199. The molecule has 2 aromatic heterocycles. The van der Waals surface area contributed by atoms with Crippen LogP contribution in [0.3, 0.4) is 0 Å². The van der Waals surface area contributed by atoms with E-state index in [0.717, 1.165) is 16.7 Å². The summed E-state index contributed by atoms with van der Waals surface area (Å²) in [6.45, 7) is 3.37. The number of carbonyl (C=O) groups excluding carboxylic acids is 1. The lowest BCUT2D eigenvalue weighted by Gasteiger charge is -2.26. The number of nitrogens with zero attached hydrogens (tertiary/aromatic N) is 4. The van der Waals surface area contributed by atoms with E-state index in [9.17, 15) is 14.9 Å². The lowest BCUT2D eigenvalue weighted by atomic mass is 10.1. The highest BCUT2D eigenvalue weighted by Gasteiger charge is 2.21. The average molecular weight is 508 g/mol. The van der Waals surface area contributed by atoms with Crippen LogP contribution in [0.4, 0.5) is 5.82 Å². The molecular formula is C30H29N5O3. The molecule has 2 aromatic carbocycles. The zero-order valence-electron chi connectivity index (χ0n) is 21.4. The number of nitrogens with one attached hydrogen (secondary N) is 1. The number of hydrogen-bond donors (Lipinski definition) is 1. The Morgan fingerprint density at radius 1 is 1.05 bits per heavy atom. The van der Waals surface area contributed by atoms with Crippen LogP contribution in [0.2, 0.25) is 0 Å². The van der Waals surface area contributed by atoms with E-state index in [4.69, 9.17) is 9.72 Å². The van der Waals surface area contributed by atoms with E-state index < -0.39 is 5.91 Å². The molecule has 0 atom stereocenters.